The SMILES string of the molecule is C=Cc1ccc(CS(=O)(=O)[O-])cc1. The molecule has 1 aromatic rings. The predicted octanol–water partition coefficient (Wildman–Crippen LogP) is 1.37. The maximum absolute atomic E-state index is 10.4. The fourth-order valence-corrected chi connectivity index (χ4v) is 1.55. The molecule has 0 fully saturated rings. The summed E-state index contributed by atoms with van der Waals surface area (Å²) in [6.07, 6.45) is 1.65. The van der Waals surface area contributed by atoms with Gasteiger partial charge in [-0.1, -0.05) is 36.9 Å². The molecule has 0 atom stereocenters. The fraction of sp³-hybridized carbons (Fsp3) is 0.111. The van der Waals surface area contributed by atoms with Crippen molar-refractivity contribution < 1.29 is 13.0 Å². The second-order valence-corrected chi connectivity index (χ2v) is 4.05. The highest BCUT2D eigenvalue weighted by Crippen LogP contribution is 2.07. The molecule has 1 rings (SSSR count). The van der Waals surface area contributed by atoms with Crippen LogP contribution in [0.3, 0.4) is 0 Å². The summed E-state index contributed by atoms with van der Waals surface area (Å²) in [5.41, 5.74) is 1.40. The van der Waals surface area contributed by atoms with E-state index in [1.165, 1.54) is 0 Å². The summed E-state index contributed by atoms with van der Waals surface area (Å²) in [6, 6.07) is 6.64. The Morgan fingerprint density at radius 3 is 2.23 bits per heavy atom. The zero-order valence-electron chi connectivity index (χ0n) is 6.93. The Balaban J connectivity index is 2.87. The summed E-state index contributed by atoms with van der Waals surface area (Å²) in [5, 5.41) is 0. The first-order valence-corrected chi connectivity index (χ1v) is 5.24. The van der Waals surface area contributed by atoms with Gasteiger partial charge in [-0.2, -0.15) is 0 Å². The van der Waals surface area contributed by atoms with E-state index in [0.29, 0.717) is 5.56 Å². The standard InChI is InChI=1S/C9H10O3S/c1-2-8-3-5-9(6-4-8)7-13(10,11)12/h2-6H,1,7H2,(H,10,11,12)/p-1. The van der Waals surface area contributed by atoms with Crippen LogP contribution in [0.25, 0.3) is 6.08 Å². The average Bonchev–Trinajstić information content (AvgIpc) is 2.03. The molecule has 0 amide bonds. The molecule has 0 bridgehead atoms. The van der Waals surface area contributed by atoms with E-state index in [0.717, 1.165) is 5.56 Å². The van der Waals surface area contributed by atoms with Gasteiger partial charge < -0.3 is 4.55 Å². The Labute approximate surface area is 77.5 Å². The third kappa shape index (κ3) is 3.40. The van der Waals surface area contributed by atoms with E-state index in [-0.39, 0.29) is 0 Å². The lowest BCUT2D eigenvalue weighted by Gasteiger charge is -2.06. The third-order valence-electron chi connectivity index (χ3n) is 1.56. The van der Waals surface area contributed by atoms with Crippen LogP contribution in [0.5, 0.6) is 0 Å². The lowest BCUT2D eigenvalue weighted by atomic mass is 10.1. The molecule has 0 N–H and O–H groups in total. The summed E-state index contributed by atoms with van der Waals surface area (Å²) in [6.45, 7) is 3.56. The van der Waals surface area contributed by atoms with Crippen molar-refractivity contribution in [1.29, 1.82) is 0 Å². The molecule has 0 spiro atoms. The van der Waals surface area contributed by atoms with Gasteiger partial charge in [-0.25, -0.2) is 8.42 Å². The largest absolute Gasteiger partial charge is 0.748 e. The van der Waals surface area contributed by atoms with E-state index in [9.17, 15) is 13.0 Å². The highest BCUT2D eigenvalue weighted by atomic mass is 32.2. The second-order valence-electron chi connectivity index (χ2n) is 2.65. The third-order valence-corrected chi connectivity index (χ3v) is 2.25. The lowest BCUT2D eigenvalue weighted by Crippen LogP contribution is -2.01. The van der Waals surface area contributed by atoms with Crippen LogP contribution >= 0.6 is 0 Å². The molecule has 13 heavy (non-hydrogen) atoms. The maximum atomic E-state index is 10.4. The minimum absolute atomic E-state index is 0.454. The fourth-order valence-electron chi connectivity index (χ4n) is 0.954. The molecule has 0 heterocycles. The van der Waals surface area contributed by atoms with E-state index < -0.39 is 15.9 Å². The van der Waals surface area contributed by atoms with Gasteiger partial charge in [0.1, 0.15) is 0 Å². The van der Waals surface area contributed by atoms with Gasteiger partial charge in [-0.05, 0) is 11.1 Å². The average molecular weight is 197 g/mol. The predicted molar refractivity (Wildman–Crippen MR) is 49.9 cm³/mol. The van der Waals surface area contributed by atoms with Crippen LogP contribution < -0.4 is 0 Å². The highest BCUT2D eigenvalue weighted by Gasteiger charge is 1.97. The van der Waals surface area contributed by atoms with Crippen LogP contribution in [0.2, 0.25) is 0 Å². The van der Waals surface area contributed by atoms with Crippen LogP contribution in [0.1, 0.15) is 11.1 Å². The second kappa shape index (κ2) is 3.72. The van der Waals surface area contributed by atoms with Crippen molar-refractivity contribution >= 4 is 16.2 Å². The molecule has 3 nitrogen and oxygen atoms in total. The van der Waals surface area contributed by atoms with Crippen molar-refractivity contribution in [2.24, 2.45) is 0 Å². The highest BCUT2D eigenvalue weighted by molar-refractivity contribution is 7.84. The number of hydrogen-bond donors (Lipinski definition) is 0. The molecule has 70 valence electrons. The van der Waals surface area contributed by atoms with E-state index in [2.05, 4.69) is 6.58 Å². The van der Waals surface area contributed by atoms with Crippen LogP contribution in [-0.2, 0) is 15.9 Å². The zero-order chi connectivity index (χ0) is 9.90. The van der Waals surface area contributed by atoms with Crippen molar-refractivity contribution in [3.8, 4) is 0 Å². The summed E-state index contributed by atoms with van der Waals surface area (Å²) in [5.74, 6) is -0.454. The van der Waals surface area contributed by atoms with Crippen molar-refractivity contribution in [1.82, 2.24) is 0 Å². The van der Waals surface area contributed by atoms with Crippen LogP contribution in [0, 0.1) is 0 Å². The molecule has 0 aliphatic carbocycles. The van der Waals surface area contributed by atoms with E-state index >= 15 is 0 Å². The normalized spacial score (nSPS) is 11.2. The van der Waals surface area contributed by atoms with Crippen LogP contribution in [0.15, 0.2) is 30.8 Å². The quantitative estimate of drug-likeness (QED) is 0.688. The van der Waals surface area contributed by atoms with Gasteiger partial charge in [0, 0.05) is 0 Å². The number of hydrogen-bond acceptors (Lipinski definition) is 3. The molecule has 0 unspecified atom stereocenters. The lowest BCUT2D eigenvalue weighted by molar-refractivity contribution is 0.462. The molecule has 0 saturated carbocycles. The first-order chi connectivity index (χ1) is 6.01. The van der Waals surface area contributed by atoms with Crippen LogP contribution in [-0.4, -0.2) is 13.0 Å². The topological polar surface area (TPSA) is 57.2 Å². The van der Waals surface area contributed by atoms with Gasteiger partial charge in [0.15, 0.2) is 0 Å². The van der Waals surface area contributed by atoms with Gasteiger partial charge in [-0.15, -0.1) is 0 Å². The Kier molecular flexibility index (Phi) is 2.85. The molecule has 4 heteroatoms. The molecular formula is C9H9O3S-. The minimum Gasteiger partial charge on any atom is -0.748 e. The van der Waals surface area contributed by atoms with Crippen LogP contribution in [0.4, 0.5) is 0 Å². The maximum Gasteiger partial charge on any atom is 0.0988 e. The van der Waals surface area contributed by atoms with Gasteiger partial charge in [0.2, 0.25) is 0 Å². The Hall–Kier alpha value is -1.13. The summed E-state index contributed by atoms with van der Waals surface area (Å²) >= 11 is 0. The van der Waals surface area contributed by atoms with Crippen molar-refractivity contribution in [3.05, 3.63) is 42.0 Å². The zero-order valence-corrected chi connectivity index (χ0v) is 7.75. The van der Waals surface area contributed by atoms with E-state index in [4.69, 9.17) is 0 Å². The summed E-state index contributed by atoms with van der Waals surface area (Å²) in [4.78, 5) is 0. The van der Waals surface area contributed by atoms with Gasteiger partial charge in [0.05, 0.1) is 15.9 Å². The van der Waals surface area contributed by atoms with Gasteiger partial charge in [0.25, 0.3) is 0 Å². The van der Waals surface area contributed by atoms with E-state index in [1.54, 1.807) is 30.3 Å². The van der Waals surface area contributed by atoms with Gasteiger partial charge >= 0.3 is 0 Å². The molecule has 0 saturated heterocycles. The number of benzene rings is 1. The summed E-state index contributed by atoms with van der Waals surface area (Å²) in [7, 11) is -4.17. The Morgan fingerprint density at radius 2 is 1.85 bits per heavy atom. The first-order valence-electron chi connectivity index (χ1n) is 3.66. The first kappa shape index (κ1) is 9.95. The molecular weight excluding hydrogens is 188 g/mol. The van der Waals surface area contributed by atoms with E-state index in [1.807, 2.05) is 0 Å². The molecule has 0 aromatic heterocycles. The van der Waals surface area contributed by atoms with Crippen molar-refractivity contribution in [3.63, 3.8) is 0 Å². The molecule has 1 aromatic carbocycles. The number of rotatable bonds is 3. The van der Waals surface area contributed by atoms with Gasteiger partial charge in [-0.3, -0.25) is 0 Å². The Morgan fingerprint density at radius 1 is 1.31 bits per heavy atom. The van der Waals surface area contributed by atoms with Crippen molar-refractivity contribution in [2.75, 3.05) is 0 Å². The molecule has 0 aliphatic rings. The molecule has 0 aliphatic heterocycles. The minimum atomic E-state index is -4.17. The molecule has 0 radical (unpaired) electrons. The summed E-state index contributed by atoms with van der Waals surface area (Å²) < 4.78 is 31.1. The smallest absolute Gasteiger partial charge is 0.0988 e. The monoisotopic (exact) mass is 197 g/mol. The van der Waals surface area contributed by atoms with Crippen molar-refractivity contribution in [2.45, 2.75) is 5.75 Å². The Bertz CT molecular complexity index is 389.